The molecule has 3 rings (SSSR count). The van der Waals surface area contributed by atoms with Gasteiger partial charge in [-0.25, -0.2) is 9.07 Å². The van der Waals surface area contributed by atoms with E-state index in [0.717, 1.165) is 23.2 Å². The van der Waals surface area contributed by atoms with Crippen molar-refractivity contribution in [3.8, 4) is 0 Å². The van der Waals surface area contributed by atoms with Crippen LogP contribution < -0.4 is 10.9 Å². The second-order valence-corrected chi connectivity index (χ2v) is 8.00. The number of hydrogen-bond donors (Lipinski definition) is 1. The predicted octanol–water partition coefficient (Wildman–Crippen LogP) is 2.38. The van der Waals surface area contributed by atoms with Crippen molar-refractivity contribution < 1.29 is 9.18 Å². The van der Waals surface area contributed by atoms with E-state index in [1.165, 1.54) is 4.68 Å². The molecular formula is C21H29FN4O2. The van der Waals surface area contributed by atoms with Gasteiger partial charge >= 0.3 is 0 Å². The Balaban J connectivity index is 1.84. The van der Waals surface area contributed by atoms with Gasteiger partial charge in [-0.1, -0.05) is 32.4 Å². The summed E-state index contributed by atoms with van der Waals surface area (Å²) in [6, 6.07) is 5.40. The van der Waals surface area contributed by atoms with E-state index in [4.69, 9.17) is 0 Å². The smallest absolute Gasteiger partial charge is 0.275 e. The fourth-order valence-electron chi connectivity index (χ4n) is 3.85. The molecule has 2 atom stereocenters. The summed E-state index contributed by atoms with van der Waals surface area (Å²) in [4.78, 5) is 27.4. The third kappa shape index (κ3) is 4.41. The van der Waals surface area contributed by atoms with Gasteiger partial charge in [0.15, 0.2) is 0 Å². The summed E-state index contributed by atoms with van der Waals surface area (Å²) in [5.41, 5.74) is 1.58. The van der Waals surface area contributed by atoms with Gasteiger partial charge in [-0.05, 0) is 31.5 Å². The first-order valence-electron chi connectivity index (χ1n) is 9.95. The molecule has 1 saturated heterocycles. The van der Waals surface area contributed by atoms with Crippen LogP contribution in [-0.2, 0) is 11.3 Å². The van der Waals surface area contributed by atoms with Crippen molar-refractivity contribution in [1.29, 1.82) is 0 Å². The van der Waals surface area contributed by atoms with Gasteiger partial charge in [-0.15, -0.1) is 0 Å². The van der Waals surface area contributed by atoms with Crippen molar-refractivity contribution in [2.24, 2.45) is 0 Å². The van der Waals surface area contributed by atoms with E-state index >= 15 is 0 Å². The van der Waals surface area contributed by atoms with Crippen LogP contribution in [0.2, 0.25) is 0 Å². The van der Waals surface area contributed by atoms with Crippen LogP contribution in [0.15, 0.2) is 23.0 Å². The summed E-state index contributed by atoms with van der Waals surface area (Å²) in [6.45, 7) is 9.60. The molecule has 28 heavy (non-hydrogen) atoms. The molecule has 152 valence electrons. The number of amides is 1. The number of halogens is 1. The first-order valence-corrected chi connectivity index (χ1v) is 9.95. The average Bonchev–Trinajstić information content (AvgIpc) is 2.63. The van der Waals surface area contributed by atoms with Crippen LogP contribution in [0, 0.1) is 6.92 Å². The number of aryl methyl sites for hydroxylation is 1. The minimum Gasteiger partial charge on any atom is -0.350 e. The highest BCUT2D eigenvalue weighted by Crippen LogP contribution is 2.22. The third-order valence-electron chi connectivity index (χ3n) is 5.27. The lowest BCUT2D eigenvalue weighted by molar-refractivity contribution is -0.123. The number of carbonyl (C=O) groups excluding carboxylic acids is 1. The fraction of sp³-hybridized carbons (Fsp3) is 0.571. The topological polar surface area (TPSA) is 67.2 Å². The zero-order valence-electron chi connectivity index (χ0n) is 17.0. The van der Waals surface area contributed by atoms with E-state index in [9.17, 15) is 14.0 Å². The van der Waals surface area contributed by atoms with Crippen molar-refractivity contribution >= 4 is 16.7 Å². The highest BCUT2D eigenvalue weighted by Gasteiger charge is 2.27. The maximum absolute atomic E-state index is 13.9. The average molecular weight is 388 g/mol. The van der Waals surface area contributed by atoms with E-state index < -0.39 is 6.17 Å². The van der Waals surface area contributed by atoms with Crippen LogP contribution >= 0.6 is 0 Å². The Morgan fingerprint density at radius 2 is 2.07 bits per heavy atom. The SMILES string of the molecule is CCN1C[C@@H](F)C[C@H](NC(=O)Cn2nc(C(C)C)c3cc(C)ccc3c2=O)C1. The fourth-order valence-corrected chi connectivity index (χ4v) is 3.85. The molecule has 0 unspecified atom stereocenters. The molecule has 7 heteroatoms. The zero-order chi connectivity index (χ0) is 20.4. The lowest BCUT2D eigenvalue weighted by Gasteiger charge is -2.34. The molecule has 1 aliphatic rings. The van der Waals surface area contributed by atoms with Crippen molar-refractivity contribution in [3.63, 3.8) is 0 Å². The summed E-state index contributed by atoms with van der Waals surface area (Å²) in [6.07, 6.45) is -0.643. The summed E-state index contributed by atoms with van der Waals surface area (Å²) in [7, 11) is 0. The van der Waals surface area contributed by atoms with Gasteiger partial charge in [-0.2, -0.15) is 5.10 Å². The highest BCUT2D eigenvalue weighted by atomic mass is 19.1. The number of likely N-dealkylation sites (tertiary alicyclic amines) is 1. The number of likely N-dealkylation sites (N-methyl/N-ethyl adjacent to an activating group) is 1. The molecule has 1 fully saturated rings. The van der Waals surface area contributed by atoms with Gasteiger partial charge in [0.25, 0.3) is 5.56 Å². The Labute approximate surface area is 164 Å². The predicted molar refractivity (Wildman–Crippen MR) is 108 cm³/mol. The summed E-state index contributed by atoms with van der Waals surface area (Å²) >= 11 is 0. The Kier molecular flexibility index (Phi) is 6.13. The Bertz CT molecular complexity index is 924. The van der Waals surface area contributed by atoms with Gasteiger partial charge in [0.05, 0.1) is 11.1 Å². The van der Waals surface area contributed by atoms with E-state index in [1.807, 2.05) is 44.7 Å². The molecule has 0 aliphatic carbocycles. The molecule has 0 saturated carbocycles. The number of hydrogen-bond acceptors (Lipinski definition) is 4. The van der Waals surface area contributed by atoms with Gasteiger partial charge in [0, 0.05) is 30.9 Å². The molecule has 2 heterocycles. The van der Waals surface area contributed by atoms with Crippen LogP contribution in [0.25, 0.3) is 10.8 Å². The maximum Gasteiger partial charge on any atom is 0.275 e. The summed E-state index contributed by atoms with van der Waals surface area (Å²) in [5.74, 6) is -0.200. The molecule has 0 radical (unpaired) electrons. The van der Waals surface area contributed by atoms with E-state index in [0.29, 0.717) is 24.9 Å². The number of piperidine rings is 1. The number of nitrogens with one attached hydrogen (secondary N) is 1. The first-order chi connectivity index (χ1) is 13.3. The van der Waals surface area contributed by atoms with Gasteiger partial charge in [-0.3, -0.25) is 14.5 Å². The molecule has 2 aromatic rings. The van der Waals surface area contributed by atoms with E-state index in [1.54, 1.807) is 6.07 Å². The maximum atomic E-state index is 13.9. The molecule has 0 spiro atoms. The number of alkyl halides is 1. The molecule has 6 nitrogen and oxygen atoms in total. The van der Waals surface area contributed by atoms with Crippen molar-refractivity contribution in [2.45, 2.75) is 58.8 Å². The van der Waals surface area contributed by atoms with E-state index in [-0.39, 0.29) is 30.0 Å². The van der Waals surface area contributed by atoms with Crippen LogP contribution in [0.4, 0.5) is 4.39 Å². The molecule has 1 amide bonds. The first kappa shape index (κ1) is 20.5. The van der Waals surface area contributed by atoms with Gasteiger partial charge < -0.3 is 5.32 Å². The lowest BCUT2D eigenvalue weighted by Crippen LogP contribution is -2.52. The lowest BCUT2D eigenvalue weighted by atomic mass is 10.0. The number of rotatable bonds is 5. The van der Waals surface area contributed by atoms with Crippen molar-refractivity contribution in [3.05, 3.63) is 39.8 Å². The quantitative estimate of drug-likeness (QED) is 0.854. The molecule has 1 aliphatic heterocycles. The van der Waals surface area contributed by atoms with Gasteiger partial charge in [0.1, 0.15) is 12.7 Å². The molecule has 1 N–H and O–H groups in total. The minimum atomic E-state index is -0.948. The van der Waals surface area contributed by atoms with Gasteiger partial charge in [0.2, 0.25) is 5.91 Å². The largest absolute Gasteiger partial charge is 0.350 e. The second kappa shape index (κ2) is 8.39. The minimum absolute atomic E-state index is 0.114. The number of nitrogens with zero attached hydrogens (tertiary/aromatic N) is 3. The monoisotopic (exact) mass is 388 g/mol. The standard InChI is InChI=1S/C21H29FN4O2/c1-5-25-10-15(22)9-16(11-25)23-19(27)12-26-21(28)17-7-6-14(4)8-18(17)20(24-26)13(2)3/h6-8,13,15-16H,5,9-12H2,1-4H3,(H,23,27)/t15-,16-/m0/s1. The van der Waals surface area contributed by atoms with Crippen LogP contribution in [0.5, 0.6) is 0 Å². The number of benzene rings is 1. The highest BCUT2D eigenvalue weighted by molar-refractivity contribution is 5.85. The van der Waals surface area contributed by atoms with Crippen LogP contribution in [0.1, 0.15) is 44.4 Å². The van der Waals surface area contributed by atoms with Crippen LogP contribution in [-0.4, -0.2) is 52.4 Å². The number of carbonyl (C=O) groups is 1. The van der Waals surface area contributed by atoms with E-state index in [2.05, 4.69) is 10.4 Å². The molecule has 1 aromatic carbocycles. The van der Waals surface area contributed by atoms with Crippen molar-refractivity contribution in [2.75, 3.05) is 19.6 Å². The molecule has 0 bridgehead atoms. The summed E-state index contributed by atoms with van der Waals surface area (Å²) in [5, 5.41) is 8.76. The van der Waals surface area contributed by atoms with Crippen molar-refractivity contribution in [1.82, 2.24) is 20.0 Å². The Hall–Kier alpha value is -2.28. The Morgan fingerprint density at radius 1 is 1.32 bits per heavy atom. The summed E-state index contributed by atoms with van der Waals surface area (Å²) < 4.78 is 15.1. The number of fused-ring (bicyclic) bond motifs is 1. The Morgan fingerprint density at radius 3 is 2.75 bits per heavy atom. The molecule has 1 aromatic heterocycles. The zero-order valence-corrected chi connectivity index (χ0v) is 17.0. The normalized spacial score (nSPS) is 20.6. The van der Waals surface area contributed by atoms with Crippen LogP contribution in [0.3, 0.4) is 0 Å². The number of aromatic nitrogens is 2. The second-order valence-electron chi connectivity index (χ2n) is 8.00. The molecular weight excluding hydrogens is 359 g/mol. The third-order valence-corrected chi connectivity index (χ3v) is 5.27.